The lowest BCUT2D eigenvalue weighted by Gasteiger charge is -2.09. The van der Waals surface area contributed by atoms with Gasteiger partial charge in [0.2, 0.25) is 11.8 Å². The van der Waals surface area contributed by atoms with E-state index >= 15 is 0 Å². The minimum atomic E-state index is -4.43. The van der Waals surface area contributed by atoms with Gasteiger partial charge < -0.3 is 11.1 Å². The Hall–Kier alpha value is -2.56. The minimum Gasteiger partial charge on any atom is -0.368 e. The first kappa shape index (κ1) is 19.2. The summed E-state index contributed by atoms with van der Waals surface area (Å²) in [6.07, 6.45) is -2.49. The summed E-state index contributed by atoms with van der Waals surface area (Å²) in [6, 6.07) is 4.17. The number of carbonyl (C=O) groups excluding carboxylic acids is 2. The van der Waals surface area contributed by atoms with Gasteiger partial charge in [0.25, 0.3) is 0 Å². The van der Waals surface area contributed by atoms with Crippen molar-refractivity contribution in [1.29, 1.82) is 0 Å². The smallest absolute Gasteiger partial charge is 0.368 e. The topological polar surface area (TPSA) is 103 Å². The largest absolute Gasteiger partial charge is 0.416 e. The molecule has 11 heteroatoms. The molecule has 1 fully saturated rings. The number of hydrogen-bond acceptors (Lipinski definition) is 5. The van der Waals surface area contributed by atoms with Crippen LogP contribution in [0.5, 0.6) is 0 Å². The van der Waals surface area contributed by atoms with Gasteiger partial charge >= 0.3 is 6.18 Å². The molecule has 3 rings (SSSR count). The van der Waals surface area contributed by atoms with Gasteiger partial charge in [-0.15, -0.1) is 10.2 Å². The standard InChI is InChI=1S/C16H16F3N5O2S/c17-16(18,19)10-3-5-11(6-4-10)21-13(26)8-27-15-23-22-14(9-1-2-9)24(15)7-12(20)25/h3-6,9H,1-2,7-8H2,(H2,20,25)(H,21,26). The van der Waals surface area contributed by atoms with E-state index in [-0.39, 0.29) is 23.9 Å². The van der Waals surface area contributed by atoms with Crippen molar-refractivity contribution < 1.29 is 22.8 Å². The second kappa shape index (κ2) is 7.59. The highest BCUT2D eigenvalue weighted by Gasteiger charge is 2.31. The summed E-state index contributed by atoms with van der Waals surface area (Å²) < 4.78 is 39.2. The maximum absolute atomic E-state index is 12.5. The Bertz CT molecular complexity index is 847. The van der Waals surface area contributed by atoms with Crippen LogP contribution in [0.3, 0.4) is 0 Å². The van der Waals surface area contributed by atoms with Crippen molar-refractivity contribution in [2.24, 2.45) is 5.73 Å². The maximum Gasteiger partial charge on any atom is 0.416 e. The molecule has 1 aromatic carbocycles. The molecule has 0 atom stereocenters. The van der Waals surface area contributed by atoms with E-state index < -0.39 is 23.6 Å². The number of nitrogens with one attached hydrogen (secondary N) is 1. The molecule has 27 heavy (non-hydrogen) atoms. The lowest BCUT2D eigenvalue weighted by Crippen LogP contribution is -2.21. The fourth-order valence-electron chi connectivity index (χ4n) is 2.42. The molecule has 0 saturated heterocycles. The zero-order valence-corrected chi connectivity index (χ0v) is 14.8. The van der Waals surface area contributed by atoms with Crippen LogP contribution in [0.15, 0.2) is 29.4 Å². The van der Waals surface area contributed by atoms with E-state index in [1.807, 2.05) is 0 Å². The zero-order chi connectivity index (χ0) is 19.6. The van der Waals surface area contributed by atoms with E-state index in [4.69, 9.17) is 5.73 Å². The third kappa shape index (κ3) is 5.00. The molecule has 0 aliphatic heterocycles. The molecule has 1 heterocycles. The number of nitrogens with zero attached hydrogens (tertiary/aromatic N) is 3. The van der Waals surface area contributed by atoms with E-state index in [1.54, 1.807) is 4.57 Å². The fourth-order valence-corrected chi connectivity index (χ4v) is 3.17. The quantitative estimate of drug-likeness (QED) is 0.696. The molecule has 0 bridgehead atoms. The van der Waals surface area contributed by atoms with Gasteiger partial charge in [0.05, 0.1) is 11.3 Å². The van der Waals surface area contributed by atoms with Gasteiger partial charge in [-0.1, -0.05) is 11.8 Å². The lowest BCUT2D eigenvalue weighted by atomic mass is 10.2. The molecule has 0 spiro atoms. The number of alkyl halides is 3. The average molecular weight is 399 g/mol. The first-order valence-electron chi connectivity index (χ1n) is 8.05. The number of anilines is 1. The van der Waals surface area contributed by atoms with Crippen LogP contribution in [0.4, 0.5) is 18.9 Å². The number of benzene rings is 1. The van der Waals surface area contributed by atoms with Crippen LogP contribution >= 0.6 is 11.8 Å². The molecule has 1 aliphatic rings. The number of hydrogen-bond donors (Lipinski definition) is 2. The molecule has 144 valence electrons. The molecule has 2 amide bonds. The Morgan fingerprint density at radius 2 is 1.89 bits per heavy atom. The molecule has 3 N–H and O–H groups in total. The number of amides is 2. The molecule has 1 aliphatic carbocycles. The summed E-state index contributed by atoms with van der Waals surface area (Å²) >= 11 is 1.08. The second-order valence-corrected chi connectivity index (χ2v) is 7.02. The van der Waals surface area contributed by atoms with Gasteiger partial charge in [0.15, 0.2) is 5.16 Å². The molecule has 1 saturated carbocycles. The Morgan fingerprint density at radius 1 is 1.22 bits per heavy atom. The first-order valence-corrected chi connectivity index (χ1v) is 9.04. The predicted molar refractivity (Wildman–Crippen MR) is 92.0 cm³/mol. The summed E-state index contributed by atoms with van der Waals surface area (Å²) in [5.41, 5.74) is 4.72. The molecular weight excluding hydrogens is 383 g/mol. The third-order valence-electron chi connectivity index (χ3n) is 3.83. The van der Waals surface area contributed by atoms with Crippen molar-refractivity contribution in [3.63, 3.8) is 0 Å². The van der Waals surface area contributed by atoms with Crippen LogP contribution in [-0.2, 0) is 22.3 Å². The van der Waals surface area contributed by atoms with Crippen molar-refractivity contribution in [3.05, 3.63) is 35.7 Å². The van der Waals surface area contributed by atoms with Crippen LogP contribution in [-0.4, -0.2) is 32.3 Å². The lowest BCUT2D eigenvalue weighted by molar-refractivity contribution is -0.137. The number of primary amides is 1. The summed E-state index contributed by atoms with van der Waals surface area (Å²) in [7, 11) is 0. The Balaban J connectivity index is 1.60. The van der Waals surface area contributed by atoms with E-state index in [2.05, 4.69) is 15.5 Å². The monoisotopic (exact) mass is 399 g/mol. The average Bonchev–Trinajstić information content (AvgIpc) is 3.35. The number of thioether (sulfide) groups is 1. The van der Waals surface area contributed by atoms with Gasteiger partial charge in [-0.2, -0.15) is 13.2 Å². The minimum absolute atomic E-state index is 0.0391. The van der Waals surface area contributed by atoms with Crippen LogP contribution in [0, 0.1) is 0 Å². The van der Waals surface area contributed by atoms with Gasteiger partial charge in [-0.05, 0) is 37.1 Å². The highest BCUT2D eigenvalue weighted by atomic mass is 32.2. The fraction of sp³-hybridized carbons (Fsp3) is 0.375. The zero-order valence-electron chi connectivity index (χ0n) is 14.0. The molecular formula is C16H16F3N5O2S. The van der Waals surface area contributed by atoms with Crippen molar-refractivity contribution in [3.8, 4) is 0 Å². The molecule has 1 aromatic heterocycles. The number of rotatable bonds is 7. The van der Waals surface area contributed by atoms with Gasteiger partial charge in [0.1, 0.15) is 12.4 Å². The summed E-state index contributed by atoms with van der Waals surface area (Å²) in [5, 5.41) is 11.0. The predicted octanol–water partition coefficient (Wildman–Crippen LogP) is 2.39. The third-order valence-corrected chi connectivity index (χ3v) is 4.80. The van der Waals surface area contributed by atoms with Crippen LogP contribution in [0.2, 0.25) is 0 Å². The van der Waals surface area contributed by atoms with E-state index in [1.165, 1.54) is 12.1 Å². The van der Waals surface area contributed by atoms with E-state index in [0.29, 0.717) is 11.0 Å². The number of carbonyl (C=O) groups is 2. The Labute approximate surface area is 156 Å². The van der Waals surface area contributed by atoms with Crippen molar-refractivity contribution >= 4 is 29.3 Å². The van der Waals surface area contributed by atoms with E-state index in [9.17, 15) is 22.8 Å². The van der Waals surface area contributed by atoms with Crippen LogP contribution in [0.1, 0.15) is 30.1 Å². The number of nitrogens with two attached hydrogens (primary N) is 1. The van der Waals surface area contributed by atoms with Crippen molar-refractivity contribution in [2.75, 3.05) is 11.1 Å². The highest BCUT2D eigenvalue weighted by molar-refractivity contribution is 7.99. The highest BCUT2D eigenvalue weighted by Crippen LogP contribution is 2.40. The maximum atomic E-state index is 12.5. The first-order chi connectivity index (χ1) is 12.7. The second-order valence-electron chi connectivity index (χ2n) is 6.08. The molecule has 2 aromatic rings. The van der Waals surface area contributed by atoms with Gasteiger partial charge in [0, 0.05) is 11.6 Å². The Morgan fingerprint density at radius 3 is 2.44 bits per heavy atom. The van der Waals surface area contributed by atoms with Gasteiger partial charge in [-0.25, -0.2) is 0 Å². The van der Waals surface area contributed by atoms with Crippen molar-refractivity contribution in [1.82, 2.24) is 14.8 Å². The number of halogens is 3. The summed E-state index contributed by atoms with van der Waals surface area (Å²) in [4.78, 5) is 23.3. The van der Waals surface area contributed by atoms with Crippen LogP contribution in [0.25, 0.3) is 0 Å². The molecule has 7 nitrogen and oxygen atoms in total. The van der Waals surface area contributed by atoms with Crippen LogP contribution < -0.4 is 11.1 Å². The van der Waals surface area contributed by atoms with Crippen molar-refractivity contribution in [2.45, 2.75) is 36.6 Å². The molecule has 0 radical (unpaired) electrons. The summed E-state index contributed by atoms with van der Waals surface area (Å²) in [6.45, 7) is -0.0678. The number of aromatic nitrogens is 3. The van der Waals surface area contributed by atoms with Gasteiger partial charge in [-0.3, -0.25) is 14.2 Å². The summed E-state index contributed by atoms with van der Waals surface area (Å²) in [5.74, 6) is -0.0523. The molecule has 0 unspecified atom stereocenters. The SMILES string of the molecule is NC(=O)Cn1c(SCC(=O)Nc2ccc(C(F)(F)F)cc2)nnc1C1CC1. The van der Waals surface area contributed by atoms with E-state index in [0.717, 1.165) is 36.7 Å². The normalized spacial score (nSPS) is 14.2. The Kier molecular flexibility index (Phi) is 5.40.